The predicted octanol–water partition coefficient (Wildman–Crippen LogP) is 0.509. The molecule has 1 aliphatic heterocycles. The number of aromatic nitrogens is 1. The Morgan fingerprint density at radius 2 is 2.33 bits per heavy atom. The zero-order valence-corrected chi connectivity index (χ0v) is 11.7. The van der Waals surface area contributed by atoms with Crippen molar-refractivity contribution in [2.45, 2.75) is 18.9 Å². The summed E-state index contributed by atoms with van der Waals surface area (Å²) in [6.45, 7) is 1.57. The lowest BCUT2D eigenvalue weighted by molar-refractivity contribution is -0.139. The third-order valence-electron chi connectivity index (χ3n) is 3.28. The number of hydrogen-bond acceptors (Lipinski definition) is 4. The van der Waals surface area contributed by atoms with Crippen molar-refractivity contribution in [1.29, 1.82) is 0 Å². The van der Waals surface area contributed by atoms with Crippen molar-refractivity contribution in [3.63, 3.8) is 0 Å². The lowest BCUT2D eigenvalue weighted by Gasteiger charge is -2.34. The molecular weight excluding hydrogens is 274 g/mol. The molecule has 1 unspecified atom stereocenters. The highest BCUT2D eigenvalue weighted by Crippen LogP contribution is 2.10. The lowest BCUT2D eigenvalue weighted by atomic mass is 10.1. The van der Waals surface area contributed by atoms with Crippen molar-refractivity contribution in [2.24, 2.45) is 0 Å². The average molecular weight is 293 g/mol. The number of carbonyl (C=O) groups is 2. The van der Waals surface area contributed by atoms with Gasteiger partial charge in [0.25, 0.3) is 0 Å². The maximum Gasteiger partial charge on any atom is 0.317 e. The normalized spacial score (nSPS) is 18.3. The number of amides is 2. The van der Waals surface area contributed by atoms with Crippen LogP contribution < -0.4 is 5.32 Å². The first-order valence-corrected chi connectivity index (χ1v) is 6.90. The van der Waals surface area contributed by atoms with Gasteiger partial charge in [-0.1, -0.05) is 6.07 Å². The standard InChI is InChI=1S/C14H19N3O4/c18-13(19)9-12-10-21-8-7-17(12)14(20)16-6-4-11-3-1-2-5-15-11/h1-3,5,12H,4,6-10H2,(H,16,20)(H,18,19). The van der Waals surface area contributed by atoms with Crippen LogP contribution in [0.4, 0.5) is 4.79 Å². The molecule has 0 spiro atoms. The van der Waals surface area contributed by atoms with E-state index in [-0.39, 0.29) is 19.1 Å². The second-order valence-electron chi connectivity index (χ2n) is 4.82. The van der Waals surface area contributed by atoms with Gasteiger partial charge < -0.3 is 20.1 Å². The number of aliphatic carboxylic acids is 1. The van der Waals surface area contributed by atoms with E-state index in [9.17, 15) is 9.59 Å². The monoisotopic (exact) mass is 293 g/mol. The SMILES string of the molecule is O=C(O)CC1COCCN1C(=O)NCCc1ccccn1. The van der Waals surface area contributed by atoms with Crippen LogP contribution in [0, 0.1) is 0 Å². The van der Waals surface area contributed by atoms with E-state index in [1.165, 1.54) is 4.90 Å². The Morgan fingerprint density at radius 3 is 3.05 bits per heavy atom. The number of hydrogen-bond donors (Lipinski definition) is 2. The topological polar surface area (TPSA) is 91.8 Å². The van der Waals surface area contributed by atoms with Crippen LogP contribution in [0.25, 0.3) is 0 Å². The van der Waals surface area contributed by atoms with E-state index in [0.717, 1.165) is 5.69 Å². The molecule has 0 radical (unpaired) electrons. The third-order valence-corrected chi connectivity index (χ3v) is 3.28. The van der Waals surface area contributed by atoms with Crippen molar-refractivity contribution in [3.05, 3.63) is 30.1 Å². The van der Waals surface area contributed by atoms with Crippen LogP contribution in [0.1, 0.15) is 12.1 Å². The van der Waals surface area contributed by atoms with Gasteiger partial charge in [0, 0.05) is 31.4 Å². The number of carbonyl (C=O) groups excluding carboxylic acids is 1. The molecule has 0 aromatic carbocycles. The summed E-state index contributed by atoms with van der Waals surface area (Å²) in [6.07, 6.45) is 2.25. The van der Waals surface area contributed by atoms with Gasteiger partial charge in [0.1, 0.15) is 0 Å². The Balaban J connectivity index is 1.81. The smallest absolute Gasteiger partial charge is 0.317 e. The molecule has 2 rings (SSSR count). The van der Waals surface area contributed by atoms with Gasteiger partial charge in [0.15, 0.2) is 0 Å². The van der Waals surface area contributed by atoms with Gasteiger partial charge >= 0.3 is 12.0 Å². The molecule has 2 amide bonds. The fraction of sp³-hybridized carbons (Fsp3) is 0.500. The van der Waals surface area contributed by atoms with Gasteiger partial charge in [-0.05, 0) is 12.1 Å². The maximum atomic E-state index is 12.1. The van der Waals surface area contributed by atoms with Crippen molar-refractivity contribution < 1.29 is 19.4 Å². The Morgan fingerprint density at radius 1 is 1.48 bits per heavy atom. The molecule has 1 aromatic heterocycles. The first kappa shape index (κ1) is 15.2. The van der Waals surface area contributed by atoms with Crippen LogP contribution in [-0.4, -0.2) is 59.3 Å². The predicted molar refractivity (Wildman–Crippen MR) is 74.9 cm³/mol. The van der Waals surface area contributed by atoms with Gasteiger partial charge in [-0.3, -0.25) is 9.78 Å². The Kier molecular flexibility index (Phi) is 5.51. The molecule has 0 aliphatic carbocycles. The minimum atomic E-state index is -0.934. The summed E-state index contributed by atoms with van der Waals surface area (Å²) in [6, 6.07) is 4.97. The van der Waals surface area contributed by atoms with E-state index in [4.69, 9.17) is 9.84 Å². The van der Waals surface area contributed by atoms with E-state index < -0.39 is 12.0 Å². The Bertz CT molecular complexity index is 480. The summed E-state index contributed by atoms with van der Waals surface area (Å²) in [5.41, 5.74) is 0.905. The fourth-order valence-electron chi connectivity index (χ4n) is 2.24. The molecule has 21 heavy (non-hydrogen) atoms. The molecule has 1 aromatic rings. The zero-order chi connectivity index (χ0) is 15.1. The first-order valence-electron chi connectivity index (χ1n) is 6.90. The summed E-state index contributed by atoms with van der Waals surface area (Å²) >= 11 is 0. The average Bonchev–Trinajstić information content (AvgIpc) is 2.48. The molecule has 1 saturated heterocycles. The van der Waals surface area contributed by atoms with E-state index in [0.29, 0.717) is 26.1 Å². The van der Waals surface area contributed by atoms with Gasteiger partial charge in [0.05, 0.1) is 25.7 Å². The molecule has 7 heteroatoms. The quantitative estimate of drug-likeness (QED) is 0.825. The largest absolute Gasteiger partial charge is 0.481 e. The van der Waals surface area contributed by atoms with E-state index in [1.54, 1.807) is 6.20 Å². The van der Waals surface area contributed by atoms with Gasteiger partial charge in [-0.2, -0.15) is 0 Å². The van der Waals surface area contributed by atoms with E-state index in [2.05, 4.69) is 10.3 Å². The molecular formula is C14H19N3O4. The Labute approximate surface area is 122 Å². The molecule has 1 aliphatic rings. The maximum absolute atomic E-state index is 12.1. The molecule has 0 saturated carbocycles. The van der Waals surface area contributed by atoms with Gasteiger partial charge in [-0.15, -0.1) is 0 Å². The minimum Gasteiger partial charge on any atom is -0.481 e. The summed E-state index contributed by atoms with van der Waals surface area (Å²) < 4.78 is 5.24. The number of nitrogens with one attached hydrogen (secondary N) is 1. The van der Waals surface area contributed by atoms with Crippen molar-refractivity contribution in [2.75, 3.05) is 26.3 Å². The number of nitrogens with zero attached hydrogens (tertiary/aromatic N) is 2. The highest BCUT2D eigenvalue weighted by atomic mass is 16.5. The number of pyridine rings is 1. The molecule has 2 N–H and O–H groups in total. The van der Waals surface area contributed by atoms with Crippen molar-refractivity contribution >= 4 is 12.0 Å². The summed E-state index contributed by atoms with van der Waals surface area (Å²) in [5.74, 6) is -0.934. The second-order valence-corrected chi connectivity index (χ2v) is 4.82. The first-order chi connectivity index (χ1) is 10.2. The zero-order valence-electron chi connectivity index (χ0n) is 11.7. The molecule has 1 fully saturated rings. The number of carboxylic acids is 1. The van der Waals surface area contributed by atoms with Crippen LogP contribution in [0.5, 0.6) is 0 Å². The molecule has 114 valence electrons. The Hall–Kier alpha value is -2.15. The molecule has 1 atom stereocenters. The van der Waals surface area contributed by atoms with Crippen LogP contribution in [-0.2, 0) is 16.0 Å². The van der Waals surface area contributed by atoms with Crippen molar-refractivity contribution in [1.82, 2.24) is 15.2 Å². The number of morpholine rings is 1. The highest BCUT2D eigenvalue weighted by molar-refractivity contribution is 5.76. The van der Waals surface area contributed by atoms with E-state index in [1.807, 2.05) is 18.2 Å². The highest BCUT2D eigenvalue weighted by Gasteiger charge is 2.28. The molecule has 0 bridgehead atoms. The van der Waals surface area contributed by atoms with Crippen LogP contribution >= 0.6 is 0 Å². The van der Waals surface area contributed by atoms with E-state index >= 15 is 0 Å². The second kappa shape index (κ2) is 7.58. The number of rotatable bonds is 5. The number of ether oxygens (including phenoxy) is 1. The van der Waals surface area contributed by atoms with Crippen LogP contribution in [0.2, 0.25) is 0 Å². The van der Waals surface area contributed by atoms with Crippen LogP contribution in [0.15, 0.2) is 24.4 Å². The van der Waals surface area contributed by atoms with Crippen molar-refractivity contribution in [3.8, 4) is 0 Å². The summed E-state index contributed by atoms with van der Waals surface area (Å²) in [5, 5.41) is 11.7. The van der Waals surface area contributed by atoms with Gasteiger partial charge in [0.2, 0.25) is 0 Å². The number of carboxylic acid groups (broad SMARTS) is 1. The van der Waals surface area contributed by atoms with Gasteiger partial charge in [-0.25, -0.2) is 4.79 Å². The minimum absolute atomic E-state index is 0.104. The summed E-state index contributed by atoms with van der Waals surface area (Å²) in [7, 11) is 0. The number of urea groups is 1. The van der Waals surface area contributed by atoms with Crippen LogP contribution in [0.3, 0.4) is 0 Å². The molecule has 2 heterocycles. The fourth-order valence-corrected chi connectivity index (χ4v) is 2.24. The summed E-state index contributed by atoms with van der Waals surface area (Å²) in [4.78, 5) is 28.7. The molecule has 7 nitrogen and oxygen atoms in total. The third kappa shape index (κ3) is 4.71. The lowest BCUT2D eigenvalue weighted by Crippen LogP contribution is -2.53.